The molecule has 0 N–H and O–H groups in total. The van der Waals surface area contributed by atoms with Crippen molar-refractivity contribution in [2.24, 2.45) is 7.05 Å². The predicted octanol–water partition coefficient (Wildman–Crippen LogP) is 4.46. The zero-order valence-electron chi connectivity index (χ0n) is 12.8. The van der Waals surface area contributed by atoms with Crippen molar-refractivity contribution >= 4 is 0 Å². The minimum atomic E-state index is 1.25. The number of hydrogen-bond acceptors (Lipinski definition) is 0. The lowest BCUT2D eigenvalue weighted by Gasteiger charge is -2.09. The van der Waals surface area contributed by atoms with Gasteiger partial charge in [0.2, 0.25) is 5.69 Å². The summed E-state index contributed by atoms with van der Waals surface area (Å²) in [7, 11) is 2.12. The molecule has 0 amide bonds. The third-order valence-corrected chi connectivity index (χ3v) is 3.99. The van der Waals surface area contributed by atoms with Crippen LogP contribution in [0.5, 0.6) is 0 Å². The van der Waals surface area contributed by atoms with Gasteiger partial charge in [-0.1, -0.05) is 48.5 Å². The summed E-state index contributed by atoms with van der Waals surface area (Å²) in [6.45, 7) is 4.35. The molecule has 0 saturated carbocycles. The zero-order chi connectivity index (χ0) is 14.8. The van der Waals surface area contributed by atoms with E-state index in [2.05, 4.69) is 92.3 Å². The van der Waals surface area contributed by atoms with Crippen molar-refractivity contribution in [2.75, 3.05) is 0 Å². The standard InChI is InChI=1S/C20H20N/c1-15-9-7-8-12-18(15)20-13-16(2)19(14-21(20)3)17-10-5-4-6-11-17/h4-14H,1-3H3/q+1. The second-order valence-corrected chi connectivity index (χ2v) is 5.55. The molecule has 1 heteroatoms. The van der Waals surface area contributed by atoms with Crippen molar-refractivity contribution in [2.45, 2.75) is 13.8 Å². The molecular weight excluding hydrogens is 254 g/mol. The van der Waals surface area contributed by atoms with Crippen molar-refractivity contribution in [3.8, 4) is 22.4 Å². The first-order chi connectivity index (χ1) is 10.2. The Morgan fingerprint density at radius 3 is 2.10 bits per heavy atom. The van der Waals surface area contributed by atoms with Gasteiger partial charge in [-0.15, -0.1) is 0 Å². The molecule has 104 valence electrons. The second kappa shape index (κ2) is 5.53. The fraction of sp³-hybridized carbons (Fsp3) is 0.150. The van der Waals surface area contributed by atoms with Gasteiger partial charge in [-0.3, -0.25) is 0 Å². The van der Waals surface area contributed by atoms with Crippen molar-refractivity contribution in [1.29, 1.82) is 0 Å². The van der Waals surface area contributed by atoms with Crippen LogP contribution in [0.1, 0.15) is 11.1 Å². The lowest BCUT2D eigenvalue weighted by molar-refractivity contribution is -0.660. The first-order valence-electron chi connectivity index (χ1n) is 7.28. The van der Waals surface area contributed by atoms with Gasteiger partial charge >= 0.3 is 0 Å². The molecule has 0 unspecified atom stereocenters. The van der Waals surface area contributed by atoms with E-state index in [1.807, 2.05) is 0 Å². The van der Waals surface area contributed by atoms with E-state index in [-0.39, 0.29) is 0 Å². The van der Waals surface area contributed by atoms with Crippen LogP contribution in [-0.2, 0) is 7.05 Å². The van der Waals surface area contributed by atoms with E-state index in [0.717, 1.165) is 0 Å². The maximum atomic E-state index is 2.28. The van der Waals surface area contributed by atoms with Gasteiger partial charge in [0.15, 0.2) is 6.20 Å². The maximum absolute atomic E-state index is 2.28. The van der Waals surface area contributed by atoms with E-state index >= 15 is 0 Å². The Morgan fingerprint density at radius 1 is 0.714 bits per heavy atom. The Bertz CT molecular complexity index is 773. The molecule has 0 fully saturated rings. The van der Waals surface area contributed by atoms with Crippen molar-refractivity contribution in [1.82, 2.24) is 0 Å². The lowest BCUT2D eigenvalue weighted by Crippen LogP contribution is -2.31. The number of benzene rings is 2. The van der Waals surface area contributed by atoms with E-state index in [1.165, 1.54) is 33.5 Å². The van der Waals surface area contributed by atoms with Crippen LogP contribution in [0.3, 0.4) is 0 Å². The predicted molar refractivity (Wildman–Crippen MR) is 88.0 cm³/mol. The quantitative estimate of drug-likeness (QED) is 0.607. The number of pyridine rings is 1. The topological polar surface area (TPSA) is 3.88 Å². The number of aryl methyl sites for hydroxylation is 3. The summed E-state index contributed by atoms with van der Waals surface area (Å²) in [5.41, 5.74) is 7.71. The SMILES string of the molecule is Cc1cc(-c2ccccc2C)[n+](C)cc1-c1ccccc1. The Balaban J connectivity index is 2.15. The van der Waals surface area contributed by atoms with Crippen molar-refractivity contribution < 1.29 is 4.57 Å². The molecule has 0 atom stereocenters. The number of rotatable bonds is 2. The van der Waals surface area contributed by atoms with Gasteiger partial charge in [0.1, 0.15) is 7.05 Å². The van der Waals surface area contributed by atoms with Crippen LogP contribution in [0.2, 0.25) is 0 Å². The van der Waals surface area contributed by atoms with E-state index < -0.39 is 0 Å². The van der Waals surface area contributed by atoms with Gasteiger partial charge in [-0.25, -0.2) is 4.57 Å². The van der Waals surface area contributed by atoms with Gasteiger partial charge < -0.3 is 0 Å². The summed E-state index contributed by atoms with van der Waals surface area (Å²) < 4.78 is 2.22. The first kappa shape index (κ1) is 13.6. The third-order valence-electron chi connectivity index (χ3n) is 3.99. The summed E-state index contributed by atoms with van der Waals surface area (Å²) in [4.78, 5) is 0. The number of nitrogens with zero attached hydrogens (tertiary/aromatic N) is 1. The molecule has 3 aromatic rings. The molecule has 3 rings (SSSR count). The molecule has 0 aliphatic heterocycles. The van der Waals surface area contributed by atoms with Crippen LogP contribution in [-0.4, -0.2) is 0 Å². The molecule has 0 radical (unpaired) electrons. The summed E-state index contributed by atoms with van der Waals surface area (Å²) in [5, 5.41) is 0. The van der Waals surface area contributed by atoms with Crippen LogP contribution in [0.15, 0.2) is 66.9 Å². The van der Waals surface area contributed by atoms with Crippen LogP contribution in [0.4, 0.5) is 0 Å². The molecule has 0 bridgehead atoms. The Kier molecular flexibility index (Phi) is 3.57. The summed E-state index contributed by atoms with van der Waals surface area (Å²) in [6, 6.07) is 21.4. The minimum Gasteiger partial charge on any atom is -0.200 e. The van der Waals surface area contributed by atoms with Gasteiger partial charge in [-0.05, 0) is 36.6 Å². The average Bonchev–Trinajstić information content (AvgIpc) is 2.51. The maximum Gasteiger partial charge on any atom is 0.212 e. The van der Waals surface area contributed by atoms with Crippen molar-refractivity contribution in [3.05, 3.63) is 78.0 Å². The average molecular weight is 274 g/mol. The van der Waals surface area contributed by atoms with Crippen LogP contribution >= 0.6 is 0 Å². The molecule has 2 aromatic carbocycles. The van der Waals surface area contributed by atoms with Crippen LogP contribution in [0.25, 0.3) is 22.4 Å². The number of aromatic nitrogens is 1. The Hall–Kier alpha value is -2.41. The third kappa shape index (κ3) is 2.59. The van der Waals surface area contributed by atoms with E-state index in [0.29, 0.717) is 0 Å². The zero-order valence-corrected chi connectivity index (χ0v) is 12.8. The molecule has 1 nitrogen and oxygen atoms in total. The highest BCUT2D eigenvalue weighted by molar-refractivity contribution is 5.69. The highest BCUT2D eigenvalue weighted by Crippen LogP contribution is 2.26. The molecule has 1 aromatic heterocycles. The van der Waals surface area contributed by atoms with Gasteiger partial charge in [0.25, 0.3) is 0 Å². The summed E-state index contributed by atoms with van der Waals surface area (Å²) >= 11 is 0. The first-order valence-corrected chi connectivity index (χ1v) is 7.28. The van der Waals surface area contributed by atoms with Gasteiger partial charge in [-0.2, -0.15) is 0 Å². The Labute approximate surface area is 126 Å². The Morgan fingerprint density at radius 2 is 1.38 bits per heavy atom. The smallest absolute Gasteiger partial charge is 0.200 e. The molecule has 0 aliphatic rings. The highest BCUT2D eigenvalue weighted by atomic mass is 14.9. The molecule has 21 heavy (non-hydrogen) atoms. The molecule has 0 spiro atoms. The van der Waals surface area contributed by atoms with E-state index in [4.69, 9.17) is 0 Å². The largest absolute Gasteiger partial charge is 0.212 e. The second-order valence-electron chi connectivity index (χ2n) is 5.55. The normalized spacial score (nSPS) is 10.6. The number of hydrogen-bond donors (Lipinski definition) is 0. The molecular formula is C20H20N+. The fourth-order valence-electron chi connectivity index (χ4n) is 2.80. The minimum absolute atomic E-state index is 1.25. The van der Waals surface area contributed by atoms with Crippen LogP contribution < -0.4 is 4.57 Å². The van der Waals surface area contributed by atoms with E-state index in [9.17, 15) is 0 Å². The molecule has 0 aliphatic carbocycles. The van der Waals surface area contributed by atoms with Gasteiger partial charge in [0.05, 0.1) is 0 Å². The van der Waals surface area contributed by atoms with Crippen LogP contribution in [0, 0.1) is 13.8 Å². The summed E-state index contributed by atoms with van der Waals surface area (Å²) in [6.07, 6.45) is 2.23. The summed E-state index contributed by atoms with van der Waals surface area (Å²) in [5.74, 6) is 0. The highest BCUT2D eigenvalue weighted by Gasteiger charge is 2.15. The molecule has 0 saturated heterocycles. The lowest BCUT2D eigenvalue weighted by atomic mass is 9.98. The van der Waals surface area contributed by atoms with Crippen molar-refractivity contribution in [3.63, 3.8) is 0 Å². The monoisotopic (exact) mass is 274 g/mol. The van der Waals surface area contributed by atoms with Gasteiger partial charge in [0, 0.05) is 17.2 Å². The fourth-order valence-corrected chi connectivity index (χ4v) is 2.80. The van der Waals surface area contributed by atoms with E-state index in [1.54, 1.807) is 0 Å². The molecule has 1 heterocycles.